The second-order valence-electron chi connectivity index (χ2n) is 2.91. The van der Waals surface area contributed by atoms with E-state index < -0.39 is 29.0 Å². The first-order valence-corrected chi connectivity index (χ1v) is 3.94. The summed E-state index contributed by atoms with van der Waals surface area (Å²) in [6, 6.07) is 0.828. The van der Waals surface area contributed by atoms with Crippen LogP contribution in [0.15, 0.2) is 6.07 Å². The van der Waals surface area contributed by atoms with E-state index in [9.17, 15) is 18.0 Å². The van der Waals surface area contributed by atoms with Gasteiger partial charge in [-0.25, -0.2) is 18.0 Å². The van der Waals surface area contributed by atoms with Crippen LogP contribution in [0.4, 0.5) is 13.2 Å². The van der Waals surface area contributed by atoms with Gasteiger partial charge in [-0.05, 0) is 11.6 Å². The number of esters is 1. The highest BCUT2D eigenvalue weighted by Gasteiger charge is 2.27. The third-order valence-corrected chi connectivity index (χ3v) is 2.05. The molecule has 0 bridgehead atoms. The van der Waals surface area contributed by atoms with Gasteiger partial charge in [0.2, 0.25) is 0 Å². The Morgan fingerprint density at radius 2 is 1.93 bits per heavy atom. The molecule has 0 atom stereocenters. The first-order valence-electron chi connectivity index (χ1n) is 3.94. The topological polar surface area (TPSA) is 26.3 Å². The molecule has 0 fully saturated rings. The molecule has 14 heavy (non-hydrogen) atoms. The molecule has 0 saturated carbocycles. The van der Waals surface area contributed by atoms with Crippen LogP contribution in [0.2, 0.25) is 0 Å². The Hall–Kier alpha value is -1.52. The lowest BCUT2D eigenvalue weighted by Crippen LogP contribution is -2.20. The summed E-state index contributed by atoms with van der Waals surface area (Å²) in [4.78, 5) is 11.0. The molecule has 0 unspecified atom stereocenters. The van der Waals surface area contributed by atoms with Gasteiger partial charge in [-0.1, -0.05) is 0 Å². The number of halogens is 3. The molecule has 1 aromatic carbocycles. The molecule has 0 N–H and O–H groups in total. The number of ether oxygens (including phenoxy) is 1. The Balaban J connectivity index is 2.70. The number of rotatable bonds is 0. The van der Waals surface area contributed by atoms with Gasteiger partial charge in [0.15, 0.2) is 17.5 Å². The van der Waals surface area contributed by atoms with Crippen molar-refractivity contribution in [1.29, 1.82) is 0 Å². The monoisotopic (exact) mass is 202 g/mol. The predicted molar refractivity (Wildman–Crippen MR) is 40.3 cm³/mol. The Bertz CT molecular complexity index is 415. The zero-order chi connectivity index (χ0) is 10.3. The van der Waals surface area contributed by atoms with Gasteiger partial charge >= 0.3 is 5.97 Å². The molecule has 74 valence electrons. The second-order valence-corrected chi connectivity index (χ2v) is 2.91. The molecule has 2 rings (SSSR count). The van der Waals surface area contributed by atoms with Gasteiger partial charge in [0.1, 0.15) is 5.56 Å². The third kappa shape index (κ3) is 1.16. The highest BCUT2D eigenvalue weighted by molar-refractivity contribution is 5.92. The lowest BCUT2D eigenvalue weighted by atomic mass is 10.0. The summed E-state index contributed by atoms with van der Waals surface area (Å²) in [5.41, 5.74) is -0.340. The zero-order valence-electron chi connectivity index (χ0n) is 6.94. The van der Waals surface area contributed by atoms with E-state index in [1.165, 1.54) is 0 Å². The molecule has 0 aromatic heterocycles. The lowest BCUT2D eigenvalue weighted by molar-refractivity contribution is 0.0471. The predicted octanol–water partition coefficient (Wildman–Crippen LogP) is 1.82. The summed E-state index contributed by atoms with van der Waals surface area (Å²) < 4.78 is 43.1. The van der Waals surface area contributed by atoms with Crippen LogP contribution in [0.1, 0.15) is 15.9 Å². The molecule has 2 nitrogen and oxygen atoms in total. The van der Waals surface area contributed by atoms with Crippen molar-refractivity contribution in [1.82, 2.24) is 0 Å². The standard InChI is InChI=1S/C9H5F3O2/c10-5-3-4-1-2-14-9(13)6(4)8(12)7(5)11/h3H,1-2H2. The summed E-state index contributed by atoms with van der Waals surface area (Å²) in [5.74, 6) is -5.33. The van der Waals surface area contributed by atoms with Gasteiger partial charge in [0.05, 0.1) is 6.61 Å². The zero-order valence-corrected chi connectivity index (χ0v) is 6.94. The third-order valence-electron chi connectivity index (χ3n) is 2.05. The molecule has 0 spiro atoms. The van der Waals surface area contributed by atoms with Gasteiger partial charge in [-0.2, -0.15) is 0 Å². The first-order chi connectivity index (χ1) is 6.61. The number of hydrogen-bond donors (Lipinski definition) is 0. The number of carbonyl (C=O) groups is 1. The molecule has 0 saturated heterocycles. The quantitative estimate of drug-likeness (QED) is 0.473. The van der Waals surface area contributed by atoms with Crippen molar-refractivity contribution in [2.75, 3.05) is 6.61 Å². The van der Waals surface area contributed by atoms with E-state index in [4.69, 9.17) is 0 Å². The first kappa shape index (κ1) is 9.05. The van der Waals surface area contributed by atoms with Crippen LogP contribution in [0.3, 0.4) is 0 Å². The Kier molecular flexibility index (Phi) is 1.94. The Morgan fingerprint density at radius 3 is 2.64 bits per heavy atom. The van der Waals surface area contributed by atoms with Crippen molar-refractivity contribution in [3.63, 3.8) is 0 Å². The fraction of sp³-hybridized carbons (Fsp3) is 0.222. The van der Waals surface area contributed by atoms with Crippen molar-refractivity contribution in [3.8, 4) is 0 Å². The largest absolute Gasteiger partial charge is 0.462 e. The smallest absolute Gasteiger partial charge is 0.341 e. The van der Waals surface area contributed by atoms with Crippen LogP contribution in [0.25, 0.3) is 0 Å². The van der Waals surface area contributed by atoms with Gasteiger partial charge in [0, 0.05) is 6.42 Å². The van der Waals surface area contributed by atoms with E-state index in [0.717, 1.165) is 6.07 Å². The maximum Gasteiger partial charge on any atom is 0.341 e. The minimum absolute atomic E-state index is 0.0658. The number of carbonyl (C=O) groups excluding carboxylic acids is 1. The molecule has 0 amide bonds. The molecule has 1 aliphatic heterocycles. The lowest BCUT2D eigenvalue weighted by Gasteiger charge is -2.16. The van der Waals surface area contributed by atoms with Crippen LogP contribution in [0, 0.1) is 17.5 Å². The Labute approximate surface area is 77.3 Å². The van der Waals surface area contributed by atoms with E-state index in [-0.39, 0.29) is 18.6 Å². The average molecular weight is 202 g/mol. The SMILES string of the molecule is O=C1OCCc2cc(F)c(F)c(F)c21. The second kappa shape index (κ2) is 3.01. The molecule has 0 aliphatic carbocycles. The molecular formula is C9H5F3O2. The molecule has 5 heteroatoms. The van der Waals surface area contributed by atoms with Crippen LogP contribution >= 0.6 is 0 Å². The number of fused-ring (bicyclic) bond motifs is 1. The van der Waals surface area contributed by atoms with Gasteiger partial charge in [-0.15, -0.1) is 0 Å². The van der Waals surface area contributed by atoms with E-state index in [2.05, 4.69) is 4.74 Å². The Morgan fingerprint density at radius 1 is 1.21 bits per heavy atom. The van der Waals surface area contributed by atoms with E-state index >= 15 is 0 Å². The molecule has 1 aliphatic rings. The summed E-state index contributed by atoms with van der Waals surface area (Å²) >= 11 is 0. The van der Waals surface area contributed by atoms with Crippen molar-refractivity contribution in [2.24, 2.45) is 0 Å². The molecule has 1 heterocycles. The van der Waals surface area contributed by atoms with Crippen molar-refractivity contribution in [3.05, 3.63) is 34.6 Å². The average Bonchev–Trinajstić information content (AvgIpc) is 2.14. The summed E-state index contributed by atoms with van der Waals surface area (Å²) in [6.07, 6.45) is 0.204. The van der Waals surface area contributed by atoms with Crippen molar-refractivity contribution >= 4 is 5.97 Å². The van der Waals surface area contributed by atoms with E-state index in [0.29, 0.717) is 0 Å². The van der Waals surface area contributed by atoms with Crippen LogP contribution < -0.4 is 0 Å². The van der Waals surface area contributed by atoms with Gasteiger partial charge < -0.3 is 4.74 Å². The molecular weight excluding hydrogens is 197 g/mol. The van der Waals surface area contributed by atoms with Crippen LogP contribution in [0.5, 0.6) is 0 Å². The summed E-state index contributed by atoms with van der Waals surface area (Å²) in [7, 11) is 0. The van der Waals surface area contributed by atoms with Crippen molar-refractivity contribution in [2.45, 2.75) is 6.42 Å². The highest BCUT2D eigenvalue weighted by atomic mass is 19.2. The highest BCUT2D eigenvalue weighted by Crippen LogP contribution is 2.24. The summed E-state index contributed by atoms with van der Waals surface area (Å²) in [5, 5.41) is 0. The summed E-state index contributed by atoms with van der Waals surface area (Å²) in [6.45, 7) is 0.0658. The minimum Gasteiger partial charge on any atom is -0.462 e. The van der Waals surface area contributed by atoms with Gasteiger partial charge in [-0.3, -0.25) is 0 Å². The van der Waals surface area contributed by atoms with E-state index in [1.54, 1.807) is 0 Å². The van der Waals surface area contributed by atoms with Crippen LogP contribution in [-0.2, 0) is 11.2 Å². The van der Waals surface area contributed by atoms with Crippen molar-refractivity contribution < 1.29 is 22.7 Å². The molecule has 0 radical (unpaired) electrons. The number of cyclic esters (lactones) is 1. The fourth-order valence-corrected chi connectivity index (χ4v) is 1.39. The fourth-order valence-electron chi connectivity index (χ4n) is 1.39. The number of benzene rings is 1. The maximum atomic E-state index is 13.1. The number of hydrogen-bond acceptors (Lipinski definition) is 2. The maximum absolute atomic E-state index is 13.1. The van der Waals surface area contributed by atoms with Gasteiger partial charge in [0.25, 0.3) is 0 Å². The van der Waals surface area contributed by atoms with Crippen LogP contribution in [-0.4, -0.2) is 12.6 Å². The van der Waals surface area contributed by atoms with E-state index in [1.807, 2.05) is 0 Å². The molecule has 1 aromatic rings. The minimum atomic E-state index is -1.64. The normalized spacial score (nSPS) is 14.9.